The molecule has 0 saturated carbocycles. The Morgan fingerprint density at radius 2 is 1.82 bits per heavy atom. The largest absolute Gasteiger partial charge is 0.355 e. The number of hydrogen-bond donors (Lipinski definition) is 2. The number of nitrogens with one attached hydrogen (secondary N) is 2. The molecule has 0 radical (unpaired) electrons. The van der Waals surface area contributed by atoms with Gasteiger partial charge in [0.2, 0.25) is 11.8 Å². The molecule has 0 bridgehead atoms. The third kappa shape index (κ3) is 4.89. The van der Waals surface area contributed by atoms with Gasteiger partial charge in [-0.15, -0.1) is 0 Å². The van der Waals surface area contributed by atoms with Crippen LogP contribution in [0.25, 0.3) is 0 Å². The number of amides is 2. The highest BCUT2D eigenvalue weighted by Crippen LogP contribution is 2.30. The van der Waals surface area contributed by atoms with E-state index in [-0.39, 0.29) is 10.9 Å². The zero-order chi connectivity index (χ0) is 16.8. The molecule has 22 heavy (non-hydrogen) atoms. The van der Waals surface area contributed by atoms with E-state index in [1.165, 1.54) is 0 Å². The molecule has 0 aliphatic heterocycles. The Balaban J connectivity index is 2.69. The van der Waals surface area contributed by atoms with Crippen LogP contribution in [-0.2, 0) is 9.59 Å². The number of benzene rings is 1. The quantitative estimate of drug-likeness (QED) is 0.573. The van der Waals surface area contributed by atoms with Crippen molar-refractivity contribution in [3.8, 4) is 0 Å². The predicted molar refractivity (Wildman–Crippen MR) is 91.4 cm³/mol. The molecule has 0 fully saturated rings. The molecule has 1 aromatic carbocycles. The first-order valence-electron chi connectivity index (χ1n) is 7.34. The van der Waals surface area contributed by atoms with Gasteiger partial charge >= 0.3 is 0 Å². The molecule has 2 N–H and O–H groups in total. The van der Waals surface area contributed by atoms with Crippen molar-refractivity contribution < 1.29 is 9.59 Å². The summed E-state index contributed by atoms with van der Waals surface area (Å²) < 4.78 is 0. The second kappa shape index (κ2) is 8.39. The second-order valence-corrected chi connectivity index (χ2v) is 6.43. The molecule has 0 aromatic heterocycles. The Hall–Kier alpha value is -1.26. The van der Waals surface area contributed by atoms with Crippen LogP contribution in [0.4, 0.5) is 5.69 Å². The summed E-state index contributed by atoms with van der Waals surface area (Å²) >= 11 is 11.9. The smallest absolute Gasteiger partial charge is 0.239 e. The zero-order valence-corrected chi connectivity index (χ0v) is 14.6. The van der Waals surface area contributed by atoms with Crippen LogP contribution in [0.15, 0.2) is 18.2 Å². The molecule has 6 heteroatoms. The number of unbranched alkanes of at least 4 members (excludes halogenated alkanes) is 2. The van der Waals surface area contributed by atoms with Gasteiger partial charge in [0.1, 0.15) is 5.41 Å². The third-order valence-electron chi connectivity index (χ3n) is 3.40. The maximum absolute atomic E-state index is 12.4. The van der Waals surface area contributed by atoms with Crippen LogP contribution in [-0.4, -0.2) is 18.4 Å². The van der Waals surface area contributed by atoms with E-state index >= 15 is 0 Å². The minimum absolute atomic E-state index is 0.261. The van der Waals surface area contributed by atoms with Gasteiger partial charge in [-0.05, 0) is 32.4 Å². The molecule has 0 atom stereocenters. The molecule has 0 saturated heterocycles. The summed E-state index contributed by atoms with van der Waals surface area (Å²) in [5.74, 6) is -0.732. The Morgan fingerprint density at radius 1 is 1.14 bits per heavy atom. The topological polar surface area (TPSA) is 58.2 Å². The third-order valence-corrected chi connectivity index (χ3v) is 4.22. The summed E-state index contributed by atoms with van der Waals surface area (Å²) in [7, 11) is 0. The second-order valence-electron chi connectivity index (χ2n) is 5.64. The SMILES string of the molecule is CCCCCNC(=O)C(C)(C)C(=O)Nc1cccc(Cl)c1Cl. The van der Waals surface area contributed by atoms with E-state index in [0.717, 1.165) is 19.3 Å². The van der Waals surface area contributed by atoms with Crippen LogP contribution in [0.1, 0.15) is 40.0 Å². The molecular formula is C16H22Cl2N2O2. The molecule has 0 aliphatic carbocycles. The Kier molecular flexibility index (Phi) is 7.17. The average molecular weight is 345 g/mol. The lowest BCUT2D eigenvalue weighted by molar-refractivity contribution is -0.138. The Labute approximate surface area is 141 Å². The molecule has 122 valence electrons. The first-order valence-corrected chi connectivity index (χ1v) is 8.10. The summed E-state index contributed by atoms with van der Waals surface area (Å²) in [5, 5.41) is 6.06. The van der Waals surface area contributed by atoms with E-state index in [1.54, 1.807) is 32.0 Å². The maximum Gasteiger partial charge on any atom is 0.239 e. The van der Waals surface area contributed by atoms with Crippen molar-refractivity contribution in [3.05, 3.63) is 28.2 Å². The van der Waals surface area contributed by atoms with Gasteiger partial charge in [-0.25, -0.2) is 0 Å². The first kappa shape index (κ1) is 18.8. The van der Waals surface area contributed by atoms with E-state index < -0.39 is 11.3 Å². The summed E-state index contributed by atoms with van der Waals surface area (Å²) in [6.07, 6.45) is 3.03. The monoisotopic (exact) mass is 344 g/mol. The van der Waals surface area contributed by atoms with Gasteiger partial charge in [0.05, 0.1) is 15.7 Å². The van der Waals surface area contributed by atoms with Gasteiger partial charge in [0.15, 0.2) is 0 Å². The molecule has 0 unspecified atom stereocenters. The molecule has 2 amide bonds. The van der Waals surface area contributed by atoms with Crippen LogP contribution in [0.2, 0.25) is 10.0 Å². The predicted octanol–water partition coefficient (Wildman–Crippen LogP) is 4.26. The highest BCUT2D eigenvalue weighted by molar-refractivity contribution is 6.44. The molecule has 4 nitrogen and oxygen atoms in total. The maximum atomic E-state index is 12.4. The van der Waals surface area contributed by atoms with Crippen molar-refractivity contribution in [3.63, 3.8) is 0 Å². The van der Waals surface area contributed by atoms with E-state index in [2.05, 4.69) is 17.6 Å². The van der Waals surface area contributed by atoms with Gasteiger partial charge < -0.3 is 10.6 Å². The number of halogens is 2. The van der Waals surface area contributed by atoms with Crippen molar-refractivity contribution in [1.82, 2.24) is 5.32 Å². The number of carbonyl (C=O) groups is 2. The minimum atomic E-state index is -1.20. The van der Waals surface area contributed by atoms with Crippen molar-refractivity contribution >= 4 is 40.7 Å². The van der Waals surface area contributed by atoms with E-state index in [1.807, 2.05) is 0 Å². The van der Waals surface area contributed by atoms with E-state index in [9.17, 15) is 9.59 Å². The molecule has 0 spiro atoms. The van der Waals surface area contributed by atoms with Crippen LogP contribution in [0.3, 0.4) is 0 Å². The molecule has 0 heterocycles. The Bertz CT molecular complexity index is 545. The minimum Gasteiger partial charge on any atom is -0.355 e. The number of rotatable bonds is 7. The molecule has 1 rings (SSSR count). The fourth-order valence-electron chi connectivity index (χ4n) is 1.78. The van der Waals surface area contributed by atoms with Crippen molar-refractivity contribution in [2.24, 2.45) is 5.41 Å². The lowest BCUT2D eigenvalue weighted by Gasteiger charge is -2.23. The average Bonchev–Trinajstić information content (AvgIpc) is 2.48. The van der Waals surface area contributed by atoms with Crippen LogP contribution < -0.4 is 10.6 Å². The van der Waals surface area contributed by atoms with Gasteiger partial charge in [-0.2, -0.15) is 0 Å². The summed E-state index contributed by atoms with van der Waals surface area (Å²) in [6, 6.07) is 4.95. The highest BCUT2D eigenvalue weighted by Gasteiger charge is 2.36. The zero-order valence-electron chi connectivity index (χ0n) is 13.1. The first-order chi connectivity index (χ1) is 10.3. The standard InChI is InChI=1S/C16H22Cl2N2O2/c1-4-5-6-10-19-14(21)16(2,3)15(22)20-12-9-7-8-11(17)13(12)18/h7-9H,4-6,10H2,1-3H3,(H,19,21)(H,20,22). The van der Waals surface area contributed by atoms with Gasteiger partial charge in [0.25, 0.3) is 0 Å². The molecule has 0 aliphatic rings. The van der Waals surface area contributed by atoms with Crippen LogP contribution in [0.5, 0.6) is 0 Å². The summed E-state index contributed by atoms with van der Waals surface area (Å²) in [4.78, 5) is 24.5. The van der Waals surface area contributed by atoms with Gasteiger partial charge in [0, 0.05) is 6.54 Å². The molecular weight excluding hydrogens is 323 g/mol. The summed E-state index contributed by atoms with van der Waals surface area (Å²) in [6.45, 7) is 5.82. The van der Waals surface area contributed by atoms with Crippen molar-refractivity contribution in [2.45, 2.75) is 40.0 Å². The van der Waals surface area contributed by atoms with Crippen LogP contribution in [0, 0.1) is 5.41 Å². The fraction of sp³-hybridized carbons (Fsp3) is 0.500. The normalized spacial score (nSPS) is 11.1. The number of anilines is 1. The fourth-order valence-corrected chi connectivity index (χ4v) is 2.13. The highest BCUT2D eigenvalue weighted by atomic mass is 35.5. The summed E-state index contributed by atoms with van der Waals surface area (Å²) in [5.41, 5.74) is -0.802. The van der Waals surface area contributed by atoms with Gasteiger partial charge in [-0.1, -0.05) is 49.0 Å². The lowest BCUT2D eigenvalue weighted by Crippen LogP contribution is -2.45. The van der Waals surface area contributed by atoms with Crippen molar-refractivity contribution in [1.29, 1.82) is 0 Å². The number of carbonyl (C=O) groups excluding carboxylic acids is 2. The van der Waals surface area contributed by atoms with E-state index in [0.29, 0.717) is 17.3 Å². The lowest BCUT2D eigenvalue weighted by atomic mass is 9.91. The van der Waals surface area contributed by atoms with Crippen LogP contribution >= 0.6 is 23.2 Å². The van der Waals surface area contributed by atoms with Crippen molar-refractivity contribution in [2.75, 3.05) is 11.9 Å². The Morgan fingerprint density at radius 3 is 2.45 bits per heavy atom. The number of hydrogen-bond acceptors (Lipinski definition) is 2. The molecule has 1 aromatic rings. The van der Waals surface area contributed by atoms with Gasteiger partial charge in [-0.3, -0.25) is 9.59 Å². The van der Waals surface area contributed by atoms with E-state index in [4.69, 9.17) is 23.2 Å².